The summed E-state index contributed by atoms with van der Waals surface area (Å²) in [5.74, 6) is 0.149. The highest BCUT2D eigenvalue weighted by molar-refractivity contribution is 6.30. The number of rotatable bonds is 2. The van der Waals surface area contributed by atoms with E-state index in [-0.39, 0.29) is 30.7 Å². The van der Waals surface area contributed by atoms with Gasteiger partial charge in [0.25, 0.3) is 0 Å². The number of nitrogens with zero attached hydrogens (tertiary/aromatic N) is 2. The van der Waals surface area contributed by atoms with Gasteiger partial charge in [-0.1, -0.05) is 24.4 Å². The summed E-state index contributed by atoms with van der Waals surface area (Å²) in [6, 6.07) is 7.87. The molecule has 1 saturated carbocycles. The SMILES string of the molecule is Cl.Cl.NC1(C(=O)N2CCN(c3ccc(Cl)cc3)CC2)CCCC1. The Kier molecular flexibility index (Phi) is 7.46. The summed E-state index contributed by atoms with van der Waals surface area (Å²) in [6.45, 7) is 3.20. The van der Waals surface area contributed by atoms with Crippen molar-refractivity contribution in [1.82, 2.24) is 4.90 Å². The molecule has 1 aromatic carbocycles. The van der Waals surface area contributed by atoms with Crippen LogP contribution in [0.15, 0.2) is 24.3 Å². The quantitative estimate of drug-likeness (QED) is 0.857. The molecule has 0 spiro atoms. The summed E-state index contributed by atoms with van der Waals surface area (Å²) in [7, 11) is 0. The lowest BCUT2D eigenvalue weighted by molar-refractivity contribution is -0.137. The fourth-order valence-corrected chi connectivity index (χ4v) is 3.48. The summed E-state index contributed by atoms with van der Waals surface area (Å²) >= 11 is 5.92. The molecule has 130 valence electrons. The van der Waals surface area contributed by atoms with Gasteiger partial charge in [0.05, 0.1) is 5.54 Å². The average Bonchev–Trinajstić information content (AvgIpc) is 2.96. The van der Waals surface area contributed by atoms with Gasteiger partial charge in [0.2, 0.25) is 5.91 Å². The zero-order valence-corrected chi connectivity index (χ0v) is 15.4. The molecule has 4 nitrogen and oxygen atoms in total. The smallest absolute Gasteiger partial charge is 0.242 e. The number of hydrogen-bond donors (Lipinski definition) is 1. The van der Waals surface area contributed by atoms with Crippen LogP contribution >= 0.6 is 36.4 Å². The first-order chi connectivity index (χ1) is 10.1. The summed E-state index contributed by atoms with van der Waals surface area (Å²) in [5.41, 5.74) is 6.84. The molecule has 1 heterocycles. The van der Waals surface area contributed by atoms with Crippen molar-refractivity contribution in [3.63, 3.8) is 0 Å². The Morgan fingerprint density at radius 2 is 1.52 bits per heavy atom. The molecule has 3 rings (SSSR count). The minimum atomic E-state index is -0.595. The standard InChI is InChI=1S/C16H22ClN3O.2ClH/c17-13-3-5-14(6-4-13)19-9-11-20(12-10-19)15(21)16(18)7-1-2-8-16;;/h3-6H,1-2,7-12,18H2;2*1H. The molecular weight excluding hydrogens is 357 g/mol. The van der Waals surface area contributed by atoms with Gasteiger partial charge in [-0.3, -0.25) is 4.79 Å². The van der Waals surface area contributed by atoms with Crippen molar-refractivity contribution < 1.29 is 4.79 Å². The van der Waals surface area contributed by atoms with Crippen LogP contribution < -0.4 is 10.6 Å². The first-order valence-corrected chi connectivity index (χ1v) is 8.05. The molecule has 0 atom stereocenters. The van der Waals surface area contributed by atoms with Crippen molar-refractivity contribution in [2.24, 2.45) is 5.73 Å². The molecule has 0 radical (unpaired) electrons. The van der Waals surface area contributed by atoms with Crippen LogP contribution in [-0.4, -0.2) is 42.5 Å². The Morgan fingerprint density at radius 3 is 2.04 bits per heavy atom. The van der Waals surface area contributed by atoms with E-state index in [0.717, 1.165) is 62.6 Å². The van der Waals surface area contributed by atoms with Crippen LogP contribution in [0.2, 0.25) is 5.02 Å². The van der Waals surface area contributed by atoms with Crippen molar-refractivity contribution in [1.29, 1.82) is 0 Å². The molecule has 2 fully saturated rings. The van der Waals surface area contributed by atoms with Crippen LogP contribution in [0.3, 0.4) is 0 Å². The minimum Gasteiger partial charge on any atom is -0.368 e. The normalized spacial score (nSPS) is 19.7. The van der Waals surface area contributed by atoms with E-state index in [1.165, 1.54) is 0 Å². The third kappa shape index (κ3) is 4.44. The number of amides is 1. The van der Waals surface area contributed by atoms with Gasteiger partial charge in [0, 0.05) is 36.9 Å². The molecule has 1 aromatic rings. The predicted octanol–water partition coefficient (Wildman–Crippen LogP) is 3.10. The molecule has 2 aliphatic rings. The first kappa shape index (κ1) is 20.4. The van der Waals surface area contributed by atoms with Gasteiger partial charge in [0.15, 0.2) is 0 Å². The molecule has 23 heavy (non-hydrogen) atoms. The highest BCUT2D eigenvalue weighted by Gasteiger charge is 2.40. The van der Waals surface area contributed by atoms with E-state index in [1.807, 2.05) is 29.2 Å². The lowest BCUT2D eigenvalue weighted by Crippen LogP contribution is -2.58. The Morgan fingerprint density at radius 1 is 1.00 bits per heavy atom. The van der Waals surface area contributed by atoms with Crippen LogP contribution in [0.1, 0.15) is 25.7 Å². The topological polar surface area (TPSA) is 49.6 Å². The monoisotopic (exact) mass is 379 g/mol. The van der Waals surface area contributed by atoms with Gasteiger partial charge < -0.3 is 15.5 Å². The lowest BCUT2D eigenvalue weighted by Gasteiger charge is -2.39. The van der Waals surface area contributed by atoms with E-state index >= 15 is 0 Å². The van der Waals surface area contributed by atoms with E-state index in [2.05, 4.69) is 4.90 Å². The molecule has 1 aliphatic heterocycles. The zero-order valence-electron chi connectivity index (χ0n) is 13.0. The lowest BCUT2D eigenvalue weighted by atomic mass is 9.97. The number of carbonyl (C=O) groups is 1. The predicted molar refractivity (Wildman–Crippen MR) is 100 cm³/mol. The summed E-state index contributed by atoms with van der Waals surface area (Å²) < 4.78 is 0. The van der Waals surface area contributed by atoms with E-state index in [1.54, 1.807) is 0 Å². The van der Waals surface area contributed by atoms with E-state index in [4.69, 9.17) is 17.3 Å². The second-order valence-corrected chi connectivity index (χ2v) is 6.56. The van der Waals surface area contributed by atoms with Crippen LogP contribution in [-0.2, 0) is 4.79 Å². The van der Waals surface area contributed by atoms with Gasteiger partial charge in [-0.05, 0) is 37.1 Å². The van der Waals surface area contributed by atoms with Crippen LogP contribution in [0, 0.1) is 0 Å². The molecule has 0 aromatic heterocycles. The maximum absolute atomic E-state index is 12.6. The van der Waals surface area contributed by atoms with E-state index in [0.29, 0.717) is 0 Å². The molecule has 0 bridgehead atoms. The Balaban J connectivity index is 0.00000132. The molecular formula is C16H24Cl3N3O. The largest absolute Gasteiger partial charge is 0.368 e. The van der Waals surface area contributed by atoms with Gasteiger partial charge in [-0.2, -0.15) is 0 Å². The maximum atomic E-state index is 12.6. The number of hydrogen-bond acceptors (Lipinski definition) is 3. The van der Waals surface area contributed by atoms with Crippen molar-refractivity contribution in [3.05, 3.63) is 29.3 Å². The summed E-state index contributed by atoms with van der Waals surface area (Å²) in [6.07, 6.45) is 3.83. The average molecular weight is 381 g/mol. The highest BCUT2D eigenvalue weighted by atomic mass is 35.5. The molecule has 1 amide bonds. The van der Waals surface area contributed by atoms with Crippen molar-refractivity contribution in [3.8, 4) is 0 Å². The Hall–Kier alpha value is -0.680. The first-order valence-electron chi connectivity index (χ1n) is 7.67. The number of anilines is 1. The van der Waals surface area contributed by atoms with Gasteiger partial charge in [-0.15, -0.1) is 24.8 Å². The molecule has 7 heteroatoms. The molecule has 2 N–H and O–H groups in total. The molecule has 0 unspecified atom stereocenters. The number of piperazine rings is 1. The fourth-order valence-electron chi connectivity index (χ4n) is 3.35. The van der Waals surface area contributed by atoms with Crippen molar-refractivity contribution in [2.75, 3.05) is 31.1 Å². The zero-order chi connectivity index (χ0) is 14.9. The van der Waals surface area contributed by atoms with Crippen LogP contribution in [0.5, 0.6) is 0 Å². The number of nitrogens with two attached hydrogens (primary N) is 1. The Labute approximate surface area is 155 Å². The number of carbonyl (C=O) groups excluding carboxylic acids is 1. The van der Waals surface area contributed by atoms with Crippen LogP contribution in [0.4, 0.5) is 5.69 Å². The number of benzene rings is 1. The van der Waals surface area contributed by atoms with Crippen LogP contribution in [0.25, 0.3) is 0 Å². The molecule has 1 aliphatic carbocycles. The second kappa shape index (κ2) is 8.43. The van der Waals surface area contributed by atoms with Gasteiger partial charge in [-0.25, -0.2) is 0 Å². The highest BCUT2D eigenvalue weighted by Crippen LogP contribution is 2.29. The number of halogens is 3. The van der Waals surface area contributed by atoms with Gasteiger partial charge >= 0.3 is 0 Å². The summed E-state index contributed by atoms with van der Waals surface area (Å²) in [5, 5.41) is 0.749. The fraction of sp³-hybridized carbons (Fsp3) is 0.562. The summed E-state index contributed by atoms with van der Waals surface area (Å²) in [4.78, 5) is 16.8. The van der Waals surface area contributed by atoms with E-state index < -0.39 is 5.54 Å². The second-order valence-electron chi connectivity index (χ2n) is 6.12. The Bertz CT molecular complexity index is 510. The van der Waals surface area contributed by atoms with Crippen molar-refractivity contribution in [2.45, 2.75) is 31.2 Å². The third-order valence-electron chi connectivity index (χ3n) is 4.68. The van der Waals surface area contributed by atoms with Gasteiger partial charge in [0.1, 0.15) is 0 Å². The maximum Gasteiger partial charge on any atom is 0.242 e. The third-order valence-corrected chi connectivity index (χ3v) is 4.93. The molecule has 1 saturated heterocycles. The minimum absolute atomic E-state index is 0. The van der Waals surface area contributed by atoms with E-state index in [9.17, 15) is 4.79 Å². The van der Waals surface area contributed by atoms with Crippen molar-refractivity contribution >= 4 is 48.0 Å².